The Morgan fingerprint density at radius 2 is 1.90 bits per heavy atom. The van der Waals surface area contributed by atoms with E-state index < -0.39 is 12.8 Å². The first-order valence-corrected chi connectivity index (χ1v) is 9.50. The van der Waals surface area contributed by atoms with Crippen molar-refractivity contribution in [2.45, 2.75) is 26.1 Å². The van der Waals surface area contributed by atoms with Crippen molar-refractivity contribution < 1.29 is 17.9 Å². The molecule has 0 aliphatic rings. The summed E-state index contributed by atoms with van der Waals surface area (Å²) >= 11 is 0. The third kappa shape index (κ3) is 7.60. The van der Waals surface area contributed by atoms with E-state index in [1.807, 2.05) is 35.9 Å². The van der Waals surface area contributed by atoms with Crippen molar-refractivity contribution in [3.8, 4) is 5.75 Å². The van der Waals surface area contributed by atoms with E-state index in [9.17, 15) is 13.2 Å². The van der Waals surface area contributed by atoms with E-state index in [2.05, 4.69) is 20.6 Å². The van der Waals surface area contributed by atoms with Gasteiger partial charge in [0, 0.05) is 39.0 Å². The minimum Gasteiger partial charge on any atom is -0.484 e. The van der Waals surface area contributed by atoms with Gasteiger partial charge >= 0.3 is 6.18 Å². The van der Waals surface area contributed by atoms with Crippen LogP contribution in [0.25, 0.3) is 5.65 Å². The zero-order valence-corrected chi connectivity index (χ0v) is 19.6. The molecule has 3 rings (SSSR count). The van der Waals surface area contributed by atoms with Gasteiger partial charge in [-0.05, 0) is 36.2 Å². The summed E-state index contributed by atoms with van der Waals surface area (Å²) in [6.07, 6.45) is 0.391. The van der Waals surface area contributed by atoms with E-state index in [0.717, 1.165) is 28.9 Å². The van der Waals surface area contributed by atoms with Crippen LogP contribution in [0.2, 0.25) is 0 Å². The average Bonchev–Trinajstić information content (AvgIpc) is 3.13. The summed E-state index contributed by atoms with van der Waals surface area (Å²) in [6.45, 7) is 1.87. The molecule has 0 spiro atoms. The van der Waals surface area contributed by atoms with Crippen molar-refractivity contribution in [1.82, 2.24) is 20.0 Å². The summed E-state index contributed by atoms with van der Waals surface area (Å²) in [4.78, 5) is 8.83. The van der Waals surface area contributed by atoms with Crippen LogP contribution in [0, 0.1) is 6.92 Å². The van der Waals surface area contributed by atoms with Gasteiger partial charge in [-0.2, -0.15) is 13.2 Å². The molecule has 0 saturated carbocycles. The van der Waals surface area contributed by atoms with Gasteiger partial charge in [0.2, 0.25) is 0 Å². The SMILES string of the molecule is CN=C(NCCc1cn2cccc(C)c2n1)NCc1ccc(OCC(F)(F)F)cc1.I. The van der Waals surface area contributed by atoms with Crippen LogP contribution in [-0.2, 0) is 13.0 Å². The van der Waals surface area contributed by atoms with Gasteiger partial charge in [-0.25, -0.2) is 4.98 Å². The Kier molecular flexibility index (Phi) is 8.96. The summed E-state index contributed by atoms with van der Waals surface area (Å²) in [5, 5.41) is 6.41. The highest BCUT2D eigenvalue weighted by atomic mass is 127. The number of hydrogen-bond donors (Lipinski definition) is 2. The summed E-state index contributed by atoms with van der Waals surface area (Å²) in [7, 11) is 1.68. The highest BCUT2D eigenvalue weighted by molar-refractivity contribution is 14.0. The van der Waals surface area contributed by atoms with Gasteiger partial charge in [0.1, 0.15) is 11.4 Å². The summed E-state index contributed by atoms with van der Waals surface area (Å²) in [5.74, 6) is 0.814. The summed E-state index contributed by atoms with van der Waals surface area (Å²) in [6, 6.07) is 10.5. The lowest BCUT2D eigenvalue weighted by Gasteiger charge is -2.12. The number of aromatic nitrogens is 2. The fraction of sp³-hybridized carbons (Fsp3) is 0.333. The maximum atomic E-state index is 12.2. The molecule has 2 aromatic heterocycles. The first-order chi connectivity index (χ1) is 14.3. The van der Waals surface area contributed by atoms with Crippen LogP contribution in [0.5, 0.6) is 5.75 Å². The normalized spacial score (nSPS) is 11.8. The number of nitrogens with zero attached hydrogens (tertiary/aromatic N) is 3. The van der Waals surface area contributed by atoms with Crippen LogP contribution in [0.1, 0.15) is 16.8 Å². The number of hydrogen-bond acceptors (Lipinski definition) is 3. The van der Waals surface area contributed by atoms with Crippen LogP contribution < -0.4 is 15.4 Å². The molecule has 31 heavy (non-hydrogen) atoms. The van der Waals surface area contributed by atoms with Crippen molar-refractivity contribution in [3.05, 3.63) is 65.6 Å². The maximum absolute atomic E-state index is 12.2. The van der Waals surface area contributed by atoms with E-state index in [1.54, 1.807) is 19.2 Å². The number of halogens is 4. The Hall–Kier alpha value is -2.50. The maximum Gasteiger partial charge on any atom is 0.422 e. The Balaban J connectivity index is 0.00000341. The monoisotopic (exact) mass is 547 g/mol. The number of fused-ring (bicyclic) bond motifs is 1. The van der Waals surface area contributed by atoms with Gasteiger partial charge in [-0.3, -0.25) is 4.99 Å². The van der Waals surface area contributed by atoms with Crippen LogP contribution in [0.15, 0.2) is 53.8 Å². The van der Waals surface area contributed by atoms with Crippen molar-refractivity contribution in [3.63, 3.8) is 0 Å². The number of aliphatic imine (C=N–C) groups is 1. The lowest BCUT2D eigenvalue weighted by atomic mass is 10.2. The summed E-state index contributed by atoms with van der Waals surface area (Å²) < 4.78 is 43.3. The molecule has 0 radical (unpaired) electrons. The molecule has 10 heteroatoms. The van der Waals surface area contributed by atoms with Gasteiger partial charge in [-0.1, -0.05) is 18.2 Å². The quantitative estimate of drug-likeness (QED) is 0.266. The topological polar surface area (TPSA) is 63.0 Å². The molecule has 2 N–H and O–H groups in total. The standard InChI is InChI=1S/C21H24F3N5O.HI/c1-15-4-3-11-29-13-17(28-19(15)29)9-10-26-20(25-2)27-12-16-5-7-18(8-6-16)30-14-21(22,23)24;/h3-8,11,13H,9-10,12,14H2,1-2H3,(H2,25,26,27);1H. The number of aryl methyl sites for hydroxylation is 1. The highest BCUT2D eigenvalue weighted by Crippen LogP contribution is 2.18. The smallest absolute Gasteiger partial charge is 0.422 e. The van der Waals surface area contributed by atoms with Crippen LogP contribution in [0.4, 0.5) is 13.2 Å². The Morgan fingerprint density at radius 1 is 1.16 bits per heavy atom. The number of imidazole rings is 1. The molecule has 2 heterocycles. The molecule has 0 aliphatic heterocycles. The Labute approximate surface area is 195 Å². The van der Waals surface area contributed by atoms with Crippen molar-refractivity contribution >= 4 is 35.6 Å². The van der Waals surface area contributed by atoms with Gasteiger partial charge < -0.3 is 19.8 Å². The number of ether oxygens (including phenoxy) is 1. The van der Waals surface area contributed by atoms with Crippen LogP contribution in [0.3, 0.4) is 0 Å². The fourth-order valence-corrected chi connectivity index (χ4v) is 2.91. The lowest BCUT2D eigenvalue weighted by molar-refractivity contribution is -0.153. The van der Waals surface area contributed by atoms with Gasteiger partial charge in [0.25, 0.3) is 0 Å². The number of pyridine rings is 1. The minimum absolute atomic E-state index is 0. The van der Waals surface area contributed by atoms with Crippen LogP contribution >= 0.6 is 24.0 Å². The number of guanidine groups is 1. The highest BCUT2D eigenvalue weighted by Gasteiger charge is 2.28. The number of nitrogens with one attached hydrogen (secondary N) is 2. The molecular formula is C21H25F3IN5O. The van der Waals surface area contributed by atoms with E-state index >= 15 is 0 Å². The average molecular weight is 547 g/mol. The fourth-order valence-electron chi connectivity index (χ4n) is 2.91. The Morgan fingerprint density at radius 3 is 2.55 bits per heavy atom. The first-order valence-electron chi connectivity index (χ1n) is 9.50. The molecule has 6 nitrogen and oxygen atoms in total. The molecule has 1 aromatic carbocycles. The largest absolute Gasteiger partial charge is 0.484 e. The number of rotatable bonds is 7. The number of alkyl halides is 3. The van der Waals surface area contributed by atoms with Crippen LogP contribution in [-0.4, -0.2) is 41.7 Å². The third-order valence-corrected chi connectivity index (χ3v) is 4.41. The predicted molar refractivity (Wildman–Crippen MR) is 125 cm³/mol. The molecule has 168 valence electrons. The molecule has 0 bridgehead atoms. The molecule has 0 saturated heterocycles. The van der Waals surface area contributed by atoms with Crippen molar-refractivity contribution in [1.29, 1.82) is 0 Å². The van der Waals surface area contributed by atoms with E-state index in [4.69, 9.17) is 4.74 Å². The number of benzene rings is 1. The second-order valence-electron chi connectivity index (χ2n) is 6.80. The molecule has 0 fully saturated rings. The second kappa shape index (κ2) is 11.2. The van der Waals surface area contributed by atoms with E-state index in [0.29, 0.717) is 19.0 Å². The van der Waals surface area contributed by atoms with Gasteiger partial charge in [0.15, 0.2) is 12.6 Å². The minimum atomic E-state index is -4.35. The zero-order chi connectivity index (χ0) is 21.6. The van der Waals surface area contributed by atoms with E-state index in [-0.39, 0.29) is 29.7 Å². The molecule has 0 aliphatic carbocycles. The lowest BCUT2D eigenvalue weighted by Crippen LogP contribution is -2.37. The molecule has 0 amide bonds. The van der Waals surface area contributed by atoms with Crippen molar-refractivity contribution in [2.75, 3.05) is 20.2 Å². The predicted octanol–water partition coefficient (Wildman–Crippen LogP) is 4.11. The second-order valence-corrected chi connectivity index (χ2v) is 6.80. The summed E-state index contributed by atoms with van der Waals surface area (Å²) in [5.41, 5.74) is 3.97. The molecule has 0 unspecified atom stereocenters. The zero-order valence-electron chi connectivity index (χ0n) is 17.2. The third-order valence-electron chi connectivity index (χ3n) is 4.41. The van der Waals surface area contributed by atoms with E-state index in [1.165, 1.54) is 12.1 Å². The molecule has 0 atom stereocenters. The van der Waals surface area contributed by atoms with Crippen molar-refractivity contribution in [2.24, 2.45) is 4.99 Å². The van der Waals surface area contributed by atoms with Gasteiger partial charge in [-0.15, -0.1) is 24.0 Å². The first kappa shape index (κ1) is 24.8. The molecular weight excluding hydrogens is 522 g/mol. The molecule has 3 aromatic rings. The Bertz CT molecular complexity index is 1000. The van der Waals surface area contributed by atoms with Gasteiger partial charge in [0.05, 0.1) is 5.69 Å².